The summed E-state index contributed by atoms with van der Waals surface area (Å²) in [5.41, 5.74) is 5.98. The second kappa shape index (κ2) is 11.8. The molecule has 3 aromatic rings. The van der Waals surface area contributed by atoms with Crippen molar-refractivity contribution in [2.75, 3.05) is 29.5 Å². The van der Waals surface area contributed by atoms with Crippen molar-refractivity contribution in [3.63, 3.8) is 0 Å². The molecule has 0 saturated carbocycles. The lowest BCUT2D eigenvalue weighted by Gasteiger charge is -2.35. The predicted molar refractivity (Wildman–Crippen MR) is 172 cm³/mol. The van der Waals surface area contributed by atoms with Gasteiger partial charge in [0.1, 0.15) is 5.84 Å². The number of nitro groups is 1. The van der Waals surface area contributed by atoms with Crippen LogP contribution in [0.4, 0.5) is 21.9 Å². The number of nitro benzene ring substituents is 1. The number of benzene rings is 3. The summed E-state index contributed by atoms with van der Waals surface area (Å²) in [5.74, 6) is 0.679. The molecule has 0 saturated heterocycles. The number of carbonyl (C=O) groups excluding carboxylic acids is 1. The molecular weight excluding hydrogens is 589 g/mol. The summed E-state index contributed by atoms with van der Waals surface area (Å²) < 4.78 is 25.1. The summed E-state index contributed by atoms with van der Waals surface area (Å²) >= 11 is 1.25. The normalized spacial score (nSPS) is 16.9. The number of thioether (sulfide) groups is 1. The summed E-state index contributed by atoms with van der Waals surface area (Å²) in [4.78, 5) is 30.3. The van der Waals surface area contributed by atoms with Crippen LogP contribution in [0.25, 0.3) is 0 Å². The Kier molecular flexibility index (Phi) is 8.30. The third-order valence-corrected chi connectivity index (χ3v) is 8.91. The molecule has 2 heterocycles. The minimum atomic E-state index is -3.38. The first kappa shape index (κ1) is 30.2. The average Bonchev–Trinajstić information content (AvgIpc) is 2.95. The molecule has 43 heavy (non-hydrogen) atoms. The largest absolute Gasteiger partial charge is 0.326 e. The highest BCUT2D eigenvalue weighted by atomic mass is 32.2. The number of non-ortho nitro benzene ring substituents is 1. The van der Waals surface area contributed by atoms with Crippen molar-refractivity contribution >= 4 is 55.6 Å². The topological polar surface area (TPSA) is 138 Å². The molecule has 0 radical (unpaired) electrons. The monoisotopic (exact) mass is 620 g/mol. The van der Waals surface area contributed by atoms with Crippen molar-refractivity contribution in [1.29, 1.82) is 0 Å². The first-order valence-electron chi connectivity index (χ1n) is 13.6. The maximum absolute atomic E-state index is 12.3. The number of fused-ring (bicyclic) bond motifs is 1. The number of rotatable bonds is 7. The maximum atomic E-state index is 12.3. The highest BCUT2D eigenvalue weighted by molar-refractivity contribution is 8.15. The van der Waals surface area contributed by atoms with Crippen LogP contribution >= 0.6 is 11.8 Å². The highest BCUT2D eigenvalue weighted by Crippen LogP contribution is 2.37. The number of amides is 1. The smallest absolute Gasteiger partial charge is 0.302 e. The Morgan fingerprint density at radius 2 is 1.81 bits per heavy atom. The van der Waals surface area contributed by atoms with E-state index in [-0.39, 0.29) is 10.9 Å². The molecule has 0 aliphatic carbocycles. The van der Waals surface area contributed by atoms with Gasteiger partial charge in [-0.3, -0.25) is 24.6 Å². The average molecular weight is 621 g/mol. The van der Waals surface area contributed by atoms with E-state index in [9.17, 15) is 23.3 Å². The molecule has 1 N–H and O–H groups in total. The molecule has 13 heteroatoms. The van der Waals surface area contributed by atoms with Crippen LogP contribution in [0.1, 0.15) is 42.5 Å². The van der Waals surface area contributed by atoms with Crippen LogP contribution in [0.15, 0.2) is 76.8 Å². The van der Waals surface area contributed by atoms with E-state index >= 15 is 0 Å². The number of sulfonamides is 1. The van der Waals surface area contributed by atoms with Gasteiger partial charge in [-0.1, -0.05) is 30.0 Å². The molecule has 0 unspecified atom stereocenters. The number of aliphatic imine (C=N–C) groups is 1. The summed E-state index contributed by atoms with van der Waals surface area (Å²) in [7, 11) is -1.72. The van der Waals surface area contributed by atoms with E-state index in [1.165, 1.54) is 28.9 Å². The Morgan fingerprint density at radius 3 is 2.47 bits per heavy atom. The number of hydrogen-bond donors (Lipinski definition) is 1. The number of nitrogens with zero attached hydrogens (tertiary/aromatic N) is 5. The Balaban J connectivity index is 1.51. The van der Waals surface area contributed by atoms with Crippen molar-refractivity contribution in [3.05, 3.63) is 99.1 Å². The van der Waals surface area contributed by atoms with Gasteiger partial charge in [-0.05, 0) is 79.8 Å². The van der Waals surface area contributed by atoms with E-state index in [1.54, 1.807) is 31.3 Å². The quantitative estimate of drug-likeness (QED) is 0.156. The molecule has 0 bridgehead atoms. The Morgan fingerprint density at radius 1 is 1.12 bits per heavy atom. The SMILES string of the molecule is CN1N=C(c2ccc3c(c2)CCCN3/C(=N\Cc2ccc(NS(C)(=O)=O)cc2)c2ccc([N+](=O)[O-])cc2)C(C)(C)SC1=O. The van der Waals surface area contributed by atoms with Gasteiger partial charge in [0.05, 0.1) is 28.2 Å². The zero-order chi connectivity index (χ0) is 30.9. The molecule has 0 spiro atoms. The minimum Gasteiger partial charge on any atom is -0.326 e. The first-order valence-corrected chi connectivity index (χ1v) is 16.3. The fraction of sp³-hybridized carbons (Fsp3) is 0.300. The molecule has 5 rings (SSSR count). The maximum Gasteiger partial charge on any atom is 0.302 e. The van der Waals surface area contributed by atoms with Crippen molar-refractivity contribution in [3.8, 4) is 0 Å². The Labute approximate surface area is 254 Å². The van der Waals surface area contributed by atoms with E-state index in [0.29, 0.717) is 24.6 Å². The van der Waals surface area contributed by atoms with Crippen LogP contribution in [-0.4, -0.2) is 59.7 Å². The van der Waals surface area contributed by atoms with Crippen molar-refractivity contribution in [2.24, 2.45) is 10.1 Å². The molecule has 3 aromatic carbocycles. The molecular formula is C30H32N6O5S2. The molecule has 11 nitrogen and oxygen atoms in total. The van der Waals surface area contributed by atoms with Crippen molar-refractivity contribution in [1.82, 2.24) is 5.01 Å². The van der Waals surface area contributed by atoms with Crippen LogP contribution in [0, 0.1) is 10.1 Å². The standard InChI is InChI=1S/C30H32N6O5S2/c1-30(2)27(32-34(3)29(37)42-30)23-11-16-26-22(18-23)6-5-17-35(26)28(21-9-14-25(15-10-21)36(38)39)31-19-20-7-12-24(13-8-20)33-43(4,40)41/h7-16,18,33H,5-6,17,19H2,1-4H3/b31-28-. The number of anilines is 2. The molecule has 1 amide bonds. The molecule has 2 aliphatic rings. The van der Waals surface area contributed by atoms with E-state index in [4.69, 9.17) is 4.99 Å². The van der Waals surface area contributed by atoms with Gasteiger partial charge in [0, 0.05) is 42.7 Å². The van der Waals surface area contributed by atoms with Crippen molar-refractivity contribution < 1.29 is 18.1 Å². The van der Waals surface area contributed by atoms with Gasteiger partial charge in [0.15, 0.2) is 0 Å². The predicted octanol–water partition coefficient (Wildman–Crippen LogP) is 5.65. The van der Waals surface area contributed by atoms with E-state index in [0.717, 1.165) is 52.8 Å². The van der Waals surface area contributed by atoms with Gasteiger partial charge in [0.2, 0.25) is 10.0 Å². The van der Waals surface area contributed by atoms with Crippen LogP contribution < -0.4 is 9.62 Å². The second-order valence-corrected chi connectivity index (χ2v) is 14.3. The lowest BCUT2D eigenvalue weighted by molar-refractivity contribution is -0.384. The number of amidine groups is 1. The van der Waals surface area contributed by atoms with Gasteiger partial charge < -0.3 is 4.90 Å². The lowest BCUT2D eigenvalue weighted by Crippen LogP contribution is -2.40. The first-order chi connectivity index (χ1) is 20.3. The number of carbonyl (C=O) groups is 1. The Hall–Kier alpha value is -4.23. The zero-order valence-corrected chi connectivity index (χ0v) is 25.9. The molecule has 0 atom stereocenters. The van der Waals surface area contributed by atoms with Crippen molar-refractivity contribution in [2.45, 2.75) is 38.0 Å². The van der Waals surface area contributed by atoms with Gasteiger partial charge in [-0.25, -0.2) is 13.4 Å². The van der Waals surface area contributed by atoms with E-state index < -0.39 is 19.7 Å². The summed E-state index contributed by atoms with van der Waals surface area (Å²) in [6.07, 6.45) is 2.83. The number of hydrazone groups is 1. The highest BCUT2D eigenvalue weighted by Gasteiger charge is 2.37. The Bertz CT molecular complexity index is 1740. The summed E-state index contributed by atoms with van der Waals surface area (Å²) in [6.45, 7) is 5.02. The van der Waals surface area contributed by atoms with Crippen LogP contribution in [0.2, 0.25) is 0 Å². The molecule has 0 fully saturated rings. The van der Waals surface area contributed by atoms with E-state index in [2.05, 4.69) is 26.9 Å². The molecule has 0 aromatic heterocycles. The fourth-order valence-electron chi connectivity index (χ4n) is 5.14. The van der Waals surface area contributed by atoms with Gasteiger partial charge >= 0.3 is 5.24 Å². The van der Waals surface area contributed by atoms with Gasteiger partial charge in [-0.15, -0.1) is 0 Å². The summed E-state index contributed by atoms with van der Waals surface area (Å²) in [6, 6.07) is 19.6. The third kappa shape index (κ3) is 6.89. The third-order valence-electron chi connectivity index (χ3n) is 7.16. The fourth-order valence-corrected chi connectivity index (χ4v) is 6.57. The number of aryl methyl sites for hydroxylation is 1. The zero-order valence-electron chi connectivity index (χ0n) is 24.3. The molecule has 2 aliphatic heterocycles. The number of hydrogen-bond acceptors (Lipinski definition) is 8. The minimum absolute atomic E-state index is 0.00191. The van der Waals surface area contributed by atoms with Gasteiger partial charge in [-0.2, -0.15) is 5.10 Å². The van der Waals surface area contributed by atoms with Crippen LogP contribution in [-0.2, 0) is 23.0 Å². The number of nitrogens with one attached hydrogen (secondary N) is 1. The van der Waals surface area contributed by atoms with E-state index in [1.807, 2.05) is 32.0 Å². The second-order valence-electron chi connectivity index (χ2n) is 11.0. The lowest BCUT2D eigenvalue weighted by atomic mass is 9.93. The van der Waals surface area contributed by atoms with Gasteiger partial charge in [0.25, 0.3) is 5.69 Å². The van der Waals surface area contributed by atoms with Crippen LogP contribution in [0.3, 0.4) is 0 Å². The van der Waals surface area contributed by atoms with Crippen LogP contribution in [0.5, 0.6) is 0 Å². The molecule has 224 valence electrons. The summed E-state index contributed by atoms with van der Waals surface area (Å²) in [5, 5.41) is 17.2.